The van der Waals surface area contributed by atoms with Crippen molar-refractivity contribution in [3.05, 3.63) is 131 Å². The van der Waals surface area contributed by atoms with Gasteiger partial charge in [0.2, 0.25) is 5.91 Å². The van der Waals surface area contributed by atoms with E-state index in [2.05, 4.69) is 60.6 Å². The van der Waals surface area contributed by atoms with Gasteiger partial charge in [-0.1, -0.05) is 104 Å². The smallest absolute Gasteiger partial charge is 0.303 e. The molecule has 246 valence electrons. The third-order valence-electron chi connectivity index (χ3n) is 8.64. The van der Waals surface area contributed by atoms with E-state index in [1.165, 1.54) is 5.56 Å². The van der Waals surface area contributed by atoms with Crippen LogP contribution in [0.5, 0.6) is 0 Å². The molecule has 1 heterocycles. The number of aliphatic carboxylic acids is 1. The second-order valence-electron chi connectivity index (χ2n) is 12.4. The quantitative estimate of drug-likeness (QED) is 0.142. The molecule has 0 radical (unpaired) electrons. The van der Waals surface area contributed by atoms with E-state index < -0.39 is 12.3 Å². The molecule has 47 heavy (non-hydrogen) atoms. The van der Waals surface area contributed by atoms with E-state index in [0.29, 0.717) is 13.0 Å². The predicted molar refractivity (Wildman–Crippen MR) is 181 cm³/mol. The number of likely N-dealkylation sites (N-methyl/N-ethyl adjacent to an activating group) is 1. The molecular weight excluding hydrogens is 592 g/mol. The van der Waals surface area contributed by atoms with Crippen molar-refractivity contribution in [1.29, 1.82) is 0 Å². The number of rotatable bonds is 14. The van der Waals surface area contributed by atoms with E-state index in [0.717, 1.165) is 46.5 Å². The fraction of sp³-hybridized carbons (Fsp3) is 0.333. The highest BCUT2D eigenvalue weighted by Gasteiger charge is 2.38. The first kappa shape index (κ1) is 34.0. The van der Waals surface area contributed by atoms with Crippen LogP contribution in [0, 0.1) is 5.92 Å². The molecule has 0 aromatic heterocycles. The van der Waals surface area contributed by atoms with Crippen molar-refractivity contribution in [1.82, 2.24) is 10.2 Å². The first-order chi connectivity index (χ1) is 22.8. The van der Waals surface area contributed by atoms with Crippen molar-refractivity contribution in [3.8, 4) is 11.1 Å². The van der Waals surface area contributed by atoms with Gasteiger partial charge in [-0.25, -0.2) is 0 Å². The van der Waals surface area contributed by atoms with Gasteiger partial charge in [-0.2, -0.15) is 0 Å². The maximum absolute atomic E-state index is 12.1. The molecule has 1 amide bonds. The number of benzene rings is 4. The Balaban J connectivity index is 1.29. The Bertz CT molecular complexity index is 1590. The summed E-state index contributed by atoms with van der Waals surface area (Å²) < 4.78 is 13.3. The molecule has 4 atom stereocenters. The minimum atomic E-state index is -0.896. The molecule has 1 aliphatic heterocycles. The zero-order valence-electron chi connectivity index (χ0n) is 27.0. The van der Waals surface area contributed by atoms with Crippen LogP contribution in [0.25, 0.3) is 11.1 Å². The maximum Gasteiger partial charge on any atom is 0.303 e. The summed E-state index contributed by atoms with van der Waals surface area (Å²) in [4.78, 5) is 25.1. The van der Waals surface area contributed by atoms with Crippen LogP contribution in [-0.4, -0.2) is 46.7 Å². The van der Waals surface area contributed by atoms with Crippen molar-refractivity contribution in [2.45, 2.75) is 64.4 Å². The summed E-state index contributed by atoms with van der Waals surface area (Å²) in [5, 5.41) is 21.2. The Morgan fingerprint density at radius 2 is 1.49 bits per heavy atom. The zero-order chi connectivity index (χ0) is 33.2. The van der Waals surface area contributed by atoms with Crippen LogP contribution >= 0.6 is 0 Å². The highest BCUT2D eigenvalue weighted by atomic mass is 16.7. The highest BCUT2D eigenvalue weighted by Crippen LogP contribution is 2.42. The molecule has 4 aromatic carbocycles. The number of amides is 1. The van der Waals surface area contributed by atoms with Crippen LogP contribution in [0.4, 0.5) is 0 Å². The van der Waals surface area contributed by atoms with E-state index in [1.54, 1.807) is 0 Å². The minimum absolute atomic E-state index is 0.00150. The van der Waals surface area contributed by atoms with Crippen molar-refractivity contribution < 1.29 is 29.3 Å². The lowest BCUT2D eigenvalue weighted by Crippen LogP contribution is -2.43. The third kappa shape index (κ3) is 9.59. The van der Waals surface area contributed by atoms with Crippen molar-refractivity contribution >= 4 is 11.9 Å². The monoisotopic (exact) mass is 636 g/mol. The van der Waals surface area contributed by atoms with Crippen LogP contribution in [0.15, 0.2) is 103 Å². The van der Waals surface area contributed by atoms with Crippen molar-refractivity contribution in [2.75, 3.05) is 13.6 Å². The van der Waals surface area contributed by atoms with Crippen LogP contribution in [-0.2, 0) is 38.8 Å². The summed E-state index contributed by atoms with van der Waals surface area (Å²) in [7, 11) is 2.12. The Morgan fingerprint density at radius 3 is 2.19 bits per heavy atom. The number of nitrogens with zero attached hydrogens (tertiary/aromatic N) is 1. The van der Waals surface area contributed by atoms with E-state index in [-0.39, 0.29) is 43.5 Å². The summed E-state index contributed by atoms with van der Waals surface area (Å²) in [5.41, 5.74) is 7.11. The van der Waals surface area contributed by atoms with Gasteiger partial charge in [-0.15, -0.1) is 0 Å². The molecule has 0 spiro atoms. The Labute approximate surface area is 277 Å². The lowest BCUT2D eigenvalue weighted by Gasteiger charge is -2.42. The highest BCUT2D eigenvalue weighted by molar-refractivity contribution is 5.76. The molecule has 1 saturated heterocycles. The second-order valence-corrected chi connectivity index (χ2v) is 12.4. The molecule has 1 fully saturated rings. The van der Waals surface area contributed by atoms with Gasteiger partial charge in [-0.3, -0.25) is 14.5 Å². The number of carboxylic acid groups (broad SMARTS) is 1. The number of carboxylic acids is 1. The van der Waals surface area contributed by atoms with Gasteiger partial charge < -0.3 is 25.0 Å². The molecular formula is C39H44N2O6. The van der Waals surface area contributed by atoms with Crippen molar-refractivity contribution in [3.63, 3.8) is 0 Å². The van der Waals surface area contributed by atoms with Gasteiger partial charge in [0.05, 0.1) is 18.8 Å². The average Bonchev–Trinajstić information content (AvgIpc) is 3.09. The summed E-state index contributed by atoms with van der Waals surface area (Å²) >= 11 is 0. The number of hydrogen-bond acceptors (Lipinski definition) is 6. The molecule has 3 N–H and O–H groups in total. The van der Waals surface area contributed by atoms with Gasteiger partial charge in [0.1, 0.15) is 0 Å². The molecule has 0 aliphatic carbocycles. The first-order valence-electron chi connectivity index (χ1n) is 16.2. The van der Waals surface area contributed by atoms with Gasteiger partial charge >= 0.3 is 5.97 Å². The number of nitrogens with one attached hydrogen (secondary N) is 1. The van der Waals surface area contributed by atoms with Gasteiger partial charge in [0, 0.05) is 44.0 Å². The number of aliphatic hydroxyl groups excluding tert-OH is 1. The molecule has 1 aliphatic rings. The lowest BCUT2D eigenvalue weighted by molar-refractivity contribution is -0.276. The number of carbonyl (C=O) groups is 2. The number of aliphatic hydroxyl groups is 1. The molecule has 0 bridgehead atoms. The van der Waals surface area contributed by atoms with E-state index >= 15 is 0 Å². The van der Waals surface area contributed by atoms with Gasteiger partial charge in [-0.05, 0) is 52.9 Å². The minimum Gasteiger partial charge on any atom is -0.481 e. The third-order valence-corrected chi connectivity index (χ3v) is 8.64. The SMILES string of the molecule is C[C@H]1[C@@H](CN(C)Cc2ccccc2)O[C@@H](c2ccc(-c3cccc(CNC(=O)CCCC(=O)O)c3)cc2)O[C@H]1c1ccc(CO)cc1. The zero-order valence-corrected chi connectivity index (χ0v) is 27.0. The Morgan fingerprint density at radius 1 is 0.787 bits per heavy atom. The summed E-state index contributed by atoms with van der Waals surface area (Å²) in [5.74, 6) is -0.966. The largest absolute Gasteiger partial charge is 0.481 e. The number of ether oxygens (including phenoxy) is 2. The van der Waals surface area contributed by atoms with E-state index in [1.807, 2.05) is 66.7 Å². The number of hydrogen-bond donors (Lipinski definition) is 3. The molecule has 8 heteroatoms. The maximum atomic E-state index is 12.1. The van der Waals surface area contributed by atoms with Crippen LogP contribution < -0.4 is 5.32 Å². The summed E-state index contributed by atoms with van der Waals surface area (Å²) in [6.07, 6.45) is -0.327. The second kappa shape index (κ2) is 16.5. The average molecular weight is 637 g/mol. The molecule has 5 rings (SSSR count). The van der Waals surface area contributed by atoms with Crippen LogP contribution in [0.2, 0.25) is 0 Å². The van der Waals surface area contributed by atoms with E-state index in [9.17, 15) is 14.7 Å². The Kier molecular flexibility index (Phi) is 11.9. The predicted octanol–water partition coefficient (Wildman–Crippen LogP) is 6.64. The molecule has 8 nitrogen and oxygen atoms in total. The van der Waals surface area contributed by atoms with Gasteiger partial charge in [0.15, 0.2) is 6.29 Å². The van der Waals surface area contributed by atoms with E-state index in [4.69, 9.17) is 14.6 Å². The summed E-state index contributed by atoms with van der Waals surface area (Å²) in [6, 6.07) is 34.6. The molecule has 4 aromatic rings. The summed E-state index contributed by atoms with van der Waals surface area (Å²) in [6.45, 7) is 4.11. The topological polar surface area (TPSA) is 108 Å². The number of carbonyl (C=O) groups excluding carboxylic acids is 1. The fourth-order valence-corrected chi connectivity index (χ4v) is 5.98. The molecule has 0 saturated carbocycles. The standard InChI is InChI=1S/C39H44N2O6/c1-27-35(25-41(2)24-28-8-4-3-5-9-28)46-39(47-38(27)32-16-14-29(26-42)15-17-32)33-20-18-31(19-21-33)34-11-6-10-30(22-34)23-40-36(43)12-7-13-37(44)45/h3-6,8-11,14-22,27,35,38-39,42H,7,12-13,23-26H2,1-2H3,(H,40,43)(H,44,45)/t27-,35+,38+,39+/m0/s1. The fourth-order valence-electron chi connectivity index (χ4n) is 5.98. The van der Waals surface area contributed by atoms with Crippen LogP contribution in [0.3, 0.4) is 0 Å². The first-order valence-corrected chi connectivity index (χ1v) is 16.2. The Hall–Kier alpha value is -4.34. The normalized spacial score (nSPS) is 19.4. The van der Waals surface area contributed by atoms with Gasteiger partial charge in [0.25, 0.3) is 0 Å². The van der Waals surface area contributed by atoms with Crippen molar-refractivity contribution in [2.24, 2.45) is 5.92 Å². The molecule has 0 unspecified atom stereocenters. The van der Waals surface area contributed by atoms with Crippen LogP contribution in [0.1, 0.15) is 66.4 Å². The lowest BCUT2D eigenvalue weighted by atomic mass is 9.90.